The van der Waals surface area contributed by atoms with Crippen LogP contribution in [0.2, 0.25) is 5.15 Å². The molecule has 0 atom stereocenters. The molecule has 13 heavy (non-hydrogen) atoms. The second kappa shape index (κ2) is 4.06. The molecule has 0 spiro atoms. The zero-order valence-electron chi connectivity index (χ0n) is 6.97. The van der Waals surface area contributed by atoms with Gasteiger partial charge in [0.2, 0.25) is 0 Å². The highest BCUT2D eigenvalue weighted by atomic mass is 35.5. The molecule has 70 valence electrons. The van der Waals surface area contributed by atoms with E-state index in [1.807, 2.05) is 0 Å². The van der Waals surface area contributed by atoms with Gasteiger partial charge in [0.25, 0.3) is 5.91 Å². The number of anilines is 1. The number of carbonyl (C=O) groups excluding carboxylic acids is 1. The third kappa shape index (κ3) is 2.30. The topological polar surface area (TPSA) is 80.0 Å². The summed E-state index contributed by atoms with van der Waals surface area (Å²) in [4.78, 5) is 15.0. The second-order valence-corrected chi connectivity index (χ2v) is 2.67. The number of halogens is 1. The Morgan fingerprint density at radius 2 is 2.31 bits per heavy atom. The molecule has 6 heteroatoms. The summed E-state index contributed by atoms with van der Waals surface area (Å²) in [6.45, 7) is 0. The number of nitrogen functional groups attached to an aromatic ring is 1. The minimum atomic E-state index is -0.235. The number of hydrogen-bond acceptors (Lipinski definition) is 4. The van der Waals surface area contributed by atoms with Gasteiger partial charge in [0.15, 0.2) is 0 Å². The van der Waals surface area contributed by atoms with Crippen LogP contribution in [0, 0.1) is 0 Å². The predicted molar refractivity (Wildman–Crippen MR) is 50.4 cm³/mol. The van der Waals surface area contributed by atoms with Crippen LogP contribution in [0.1, 0.15) is 10.4 Å². The number of nitrogens with one attached hydrogen (secondary N) is 2. The minimum Gasteiger partial charge on any atom is -0.355 e. The summed E-state index contributed by atoms with van der Waals surface area (Å²) in [5.74, 6) is 5.24. The molecule has 0 radical (unpaired) electrons. The van der Waals surface area contributed by atoms with Crippen LogP contribution in [0.5, 0.6) is 0 Å². The van der Waals surface area contributed by atoms with E-state index in [0.717, 1.165) is 0 Å². The van der Waals surface area contributed by atoms with E-state index >= 15 is 0 Å². The molecule has 1 rings (SSSR count). The Labute approximate surface area is 80.3 Å². The number of carbonyl (C=O) groups is 1. The van der Waals surface area contributed by atoms with Gasteiger partial charge in [0, 0.05) is 12.6 Å². The SMILES string of the molecule is CNC(=O)c1cc(Cl)nc(NN)c1. The van der Waals surface area contributed by atoms with Crippen LogP contribution in [0.15, 0.2) is 12.1 Å². The highest BCUT2D eigenvalue weighted by molar-refractivity contribution is 6.29. The maximum atomic E-state index is 11.2. The summed E-state index contributed by atoms with van der Waals surface area (Å²) in [5.41, 5.74) is 2.72. The largest absolute Gasteiger partial charge is 0.355 e. The monoisotopic (exact) mass is 200 g/mol. The Morgan fingerprint density at radius 1 is 1.62 bits per heavy atom. The van der Waals surface area contributed by atoms with Crippen LogP contribution < -0.4 is 16.6 Å². The van der Waals surface area contributed by atoms with Gasteiger partial charge in [-0.25, -0.2) is 10.8 Å². The van der Waals surface area contributed by atoms with Crippen molar-refractivity contribution in [2.75, 3.05) is 12.5 Å². The number of nitrogens with two attached hydrogens (primary N) is 1. The van der Waals surface area contributed by atoms with Crippen LogP contribution >= 0.6 is 11.6 Å². The van der Waals surface area contributed by atoms with Crippen molar-refractivity contribution in [2.24, 2.45) is 5.84 Å². The molecule has 0 saturated carbocycles. The first-order chi connectivity index (χ1) is 6.17. The molecule has 0 bridgehead atoms. The molecule has 5 nitrogen and oxygen atoms in total. The molecule has 0 aliphatic rings. The first kappa shape index (κ1) is 9.76. The van der Waals surface area contributed by atoms with E-state index in [0.29, 0.717) is 11.4 Å². The number of nitrogens with zero attached hydrogens (tertiary/aromatic N) is 1. The van der Waals surface area contributed by atoms with Crippen molar-refractivity contribution in [3.63, 3.8) is 0 Å². The van der Waals surface area contributed by atoms with Crippen LogP contribution in [0.4, 0.5) is 5.82 Å². The van der Waals surface area contributed by atoms with Gasteiger partial charge in [0.1, 0.15) is 11.0 Å². The van der Waals surface area contributed by atoms with Gasteiger partial charge in [-0.3, -0.25) is 4.79 Å². The van der Waals surface area contributed by atoms with Crippen LogP contribution in [-0.4, -0.2) is 17.9 Å². The third-order valence-electron chi connectivity index (χ3n) is 1.43. The first-order valence-corrected chi connectivity index (χ1v) is 3.91. The highest BCUT2D eigenvalue weighted by Gasteiger charge is 2.06. The molecule has 0 aliphatic carbocycles. The fourth-order valence-electron chi connectivity index (χ4n) is 0.846. The number of rotatable bonds is 2. The maximum Gasteiger partial charge on any atom is 0.251 e. The Hall–Kier alpha value is -1.33. The molecule has 1 aromatic heterocycles. The molecule has 1 heterocycles. The fourth-order valence-corrected chi connectivity index (χ4v) is 1.05. The molecule has 0 aromatic carbocycles. The Morgan fingerprint density at radius 3 is 2.85 bits per heavy atom. The molecule has 0 fully saturated rings. The number of aromatic nitrogens is 1. The zero-order chi connectivity index (χ0) is 9.84. The van der Waals surface area contributed by atoms with Gasteiger partial charge in [-0.1, -0.05) is 11.6 Å². The normalized spacial score (nSPS) is 9.46. The van der Waals surface area contributed by atoms with Gasteiger partial charge in [-0.05, 0) is 12.1 Å². The Balaban J connectivity index is 3.08. The van der Waals surface area contributed by atoms with Crippen LogP contribution in [0.25, 0.3) is 0 Å². The van der Waals surface area contributed by atoms with Gasteiger partial charge >= 0.3 is 0 Å². The molecule has 0 unspecified atom stereocenters. The maximum absolute atomic E-state index is 11.2. The van der Waals surface area contributed by atoms with E-state index in [4.69, 9.17) is 17.4 Å². The fraction of sp³-hybridized carbons (Fsp3) is 0.143. The molecule has 1 amide bonds. The predicted octanol–water partition coefficient (Wildman–Crippen LogP) is 0.380. The number of pyridine rings is 1. The molecule has 0 aliphatic heterocycles. The zero-order valence-corrected chi connectivity index (χ0v) is 7.72. The summed E-state index contributed by atoms with van der Waals surface area (Å²) in [6.07, 6.45) is 0. The van der Waals surface area contributed by atoms with Crippen molar-refractivity contribution < 1.29 is 4.79 Å². The standard InChI is InChI=1S/C7H9ClN4O/c1-10-7(13)4-2-5(8)11-6(3-4)12-9/h2-3H,9H2,1H3,(H,10,13)(H,11,12). The highest BCUT2D eigenvalue weighted by Crippen LogP contribution is 2.13. The van der Waals surface area contributed by atoms with E-state index < -0.39 is 0 Å². The van der Waals surface area contributed by atoms with E-state index in [1.54, 1.807) is 0 Å². The number of hydrazine groups is 1. The number of amides is 1. The van der Waals surface area contributed by atoms with Crippen molar-refractivity contribution in [1.29, 1.82) is 0 Å². The quantitative estimate of drug-likeness (QED) is 0.366. The smallest absolute Gasteiger partial charge is 0.251 e. The minimum absolute atomic E-state index is 0.217. The van der Waals surface area contributed by atoms with E-state index in [2.05, 4.69) is 15.7 Å². The van der Waals surface area contributed by atoms with Crippen molar-refractivity contribution in [3.05, 3.63) is 22.8 Å². The van der Waals surface area contributed by atoms with Gasteiger partial charge in [-0.15, -0.1) is 0 Å². The molecular formula is C7H9ClN4O. The summed E-state index contributed by atoms with van der Waals surface area (Å²) in [7, 11) is 1.53. The molecule has 1 aromatic rings. The Bertz CT molecular complexity index is 328. The lowest BCUT2D eigenvalue weighted by molar-refractivity contribution is 0.0963. The average Bonchev–Trinajstić information content (AvgIpc) is 2.15. The van der Waals surface area contributed by atoms with Gasteiger partial charge in [-0.2, -0.15) is 0 Å². The summed E-state index contributed by atoms with van der Waals surface area (Å²) >= 11 is 5.64. The second-order valence-electron chi connectivity index (χ2n) is 2.29. The Kier molecular flexibility index (Phi) is 3.05. The van der Waals surface area contributed by atoms with Gasteiger partial charge in [0.05, 0.1) is 0 Å². The van der Waals surface area contributed by atoms with Crippen molar-refractivity contribution in [1.82, 2.24) is 10.3 Å². The van der Waals surface area contributed by atoms with Crippen molar-refractivity contribution >= 4 is 23.3 Å². The summed E-state index contributed by atoms with van der Waals surface area (Å²) in [6, 6.07) is 2.96. The lowest BCUT2D eigenvalue weighted by atomic mass is 10.2. The summed E-state index contributed by atoms with van der Waals surface area (Å²) in [5, 5.41) is 2.68. The lowest BCUT2D eigenvalue weighted by Crippen LogP contribution is -2.18. The van der Waals surface area contributed by atoms with E-state index in [1.165, 1.54) is 19.2 Å². The lowest BCUT2D eigenvalue weighted by Gasteiger charge is -2.03. The van der Waals surface area contributed by atoms with Gasteiger partial charge < -0.3 is 10.7 Å². The van der Waals surface area contributed by atoms with E-state index in [9.17, 15) is 4.79 Å². The first-order valence-electron chi connectivity index (χ1n) is 3.53. The van der Waals surface area contributed by atoms with Crippen LogP contribution in [-0.2, 0) is 0 Å². The average molecular weight is 201 g/mol. The number of hydrogen-bond donors (Lipinski definition) is 3. The van der Waals surface area contributed by atoms with Crippen molar-refractivity contribution in [2.45, 2.75) is 0 Å². The van der Waals surface area contributed by atoms with Crippen LogP contribution in [0.3, 0.4) is 0 Å². The third-order valence-corrected chi connectivity index (χ3v) is 1.62. The molecule has 0 saturated heterocycles. The molecular weight excluding hydrogens is 192 g/mol. The van der Waals surface area contributed by atoms with E-state index in [-0.39, 0.29) is 11.1 Å². The molecule has 4 N–H and O–H groups in total. The summed E-state index contributed by atoms with van der Waals surface area (Å²) < 4.78 is 0. The van der Waals surface area contributed by atoms with Crippen molar-refractivity contribution in [3.8, 4) is 0 Å².